The molecule has 6 heteroatoms. The minimum absolute atomic E-state index is 0.583. The summed E-state index contributed by atoms with van der Waals surface area (Å²) >= 11 is 6.16. The molecule has 2 fully saturated rings. The Morgan fingerprint density at radius 3 is 2.27 bits per heavy atom. The van der Waals surface area contributed by atoms with E-state index in [1.165, 1.54) is 29.9 Å². The van der Waals surface area contributed by atoms with Crippen LogP contribution in [-0.2, 0) is 6.54 Å². The molecule has 2 aromatic heterocycles. The highest BCUT2D eigenvalue weighted by Gasteiger charge is 2.32. The van der Waals surface area contributed by atoms with Gasteiger partial charge in [0.1, 0.15) is 5.82 Å². The molecular formula is C24H28ClN5. The lowest BCUT2D eigenvalue weighted by Gasteiger charge is -2.32. The molecule has 1 saturated carbocycles. The fourth-order valence-corrected chi connectivity index (χ4v) is 4.40. The van der Waals surface area contributed by atoms with E-state index < -0.39 is 0 Å². The predicted octanol–water partition coefficient (Wildman–Crippen LogP) is 4.39. The van der Waals surface area contributed by atoms with Gasteiger partial charge in [-0.2, -0.15) is 0 Å². The fraction of sp³-hybridized carbons (Fsp3) is 0.417. The third kappa shape index (κ3) is 4.15. The van der Waals surface area contributed by atoms with E-state index in [1.807, 2.05) is 24.5 Å². The van der Waals surface area contributed by atoms with E-state index in [-0.39, 0.29) is 0 Å². The SMILES string of the molecule is CN1CCN(CCn2c(C3CC3)nc(-c3ccc(Cl)cc3)c2-c2ccncc2)CC1. The van der Waals surface area contributed by atoms with E-state index in [1.54, 1.807) is 0 Å². The smallest absolute Gasteiger partial charge is 0.113 e. The molecule has 0 spiro atoms. The van der Waals surface area contributed by atoms with Crippen LogP contribution in [0.25, 0.3) is 22.5 Å². The van der Waals surface area contributed by atoms with Crippen molar-refractivity contribution in [2.24, 2.45) is 0 Å². The Labute approximate surface area is 183 Å². The number of imidazole rings is 1. The Kier molecular flexibility index (Phi) is 5.59. The average molecular weight is 422 g/mol. The third-order valence-electron chi connectivity index (χ3n) is 6.25. The molecule has 5 nitrogen and oxygen atoms in total. The Balaban J connectivity index is 1.54. The summed E-state index contributed by atoms with van der Waals surface area (Å²) in [6.07, 6.45) is 6.22. The maximum Gasteiger partial charge on any atom is 0.113 e. The number of piperazine rings is 1. The van der Waals surface area contributed by atoms with Crippen molar-refractivity contribution in [3.05, 3.63) is 59.6 Å². The van der Waals surface area contributed by atoms with E-state index in [4.69, 9.17) is 16.6 Å². The maximum absolute atomic E-state index is 6.16. The van der Waals surface area contributed by atoms with Gasteiger partial charge in [-0.15, -0.1) is 0 Å². The summed E-state index contributed by atoms with van der Waals surface area (Å²) in [4.78, 5) is 14.4. The van der Waals surface area contributed by atoms with Crippen LogP contribution in [-0.4, -0.2) is 64.1 Å². The summed E-state index contributed by atoms with van der Waals surface area (Å²) in [5, 5.41) is 0.751. The van der Waals surface area contributed by atoms with E-state index in [0.29, 0.717) is 5.92 Å². The van der Waals surface area contributed by atoms with Crippen LogP contribution in [0.15, 0.2) is 48.8 Å². The molecule has 0 amide bonds. The molecule has 1 aliphatic heterocycles. The Bertz CT molecular complexity index is 986. The molecule has 0 unspecified atom stereocenters. The van der Waals surface area contributed by atoms with Crippen molar-refractivity contribution < 1.29 is 0 Å². The number of pyridine rings is 1. The highest BCUT2D eigenvalue weighted by Crippen LogP contribution is 2.43. The van der Waals surface area contributed by atoms with Gasteiger partial charge in [-0.25, -0.2) is 4.98 Å². The fourth-order valence-electron chi connectivity index (χ4n) is 4.27. The molecule has 1 aliphatic carbocycles. The predicted molar refractivity (Wildman–Crippen MR) is 122 cm³/mol. The summed E-state index contributed by atoms with van der Waals surface area (Å²) < 4.78 is 2.48. The number of rotatable bonds is 6. The quantitative estimate of drug-likeness (QED) is 0.591. The highest BCUT2D eigenvalue weighted by atomic mass is 35.5. The number of hydrogen-bond donors (Lipinski definition) is 0. The number of nitrogens with zero attached hydrogens (tertiary/aromatic N) is 5. The molecule has 5 rings (SSSR count). The van der Waals surface area contributed by atoms with Gasteiger partial charge in [0.05, 0.1) is 11.4 Å². The summed E-state index contributed by atoms with van der Waals surface area (Å²) in [6.45, 7) is 6.59. The van der Waals surface area contributed by atoms with Crippen LogP contribution in [0.2, 0.25) is 5.02 Å². The molecule has 3 heterocycles. The minimum atomic E-state index is 0.583. The maximum atomic E-state index is 6.16. The van der Waals surface area contributed by atoms with Crippen molar-refractivity contribution in [2.75, 3.05) is 39.8 Å². The zero-order valence-electron chi connectivity index (χ0n) is 17.5. The van der Waals surface area contributed by atoms with Crippen molar-refractivity contribution in [2.45, 2.75) is 25.3 Å². The molecule has 156 valence electrons. The molecule has 0 N–H and O–H groups in total. The summed E-state index contributed by atoms with van der Waals surface area (Å²) in [6, 6.07) is 12.3. The first kappa shape index (κ1) is 19.7. The van der Waals surface area contributed by atoms with Crippen LogP contribution in [0.4, 0.5) is 0 Å². The monoisotopic (exact) mass is 421 g/mol. The number of likely N-dealkylation sites (N-methyl/N-ethyl adjacent to an activating group) is 1. The minimum Gasteiger partial charge on any atom is -0.326 e. The highest BCUT2D eigenvalue weighted by molar-refractivity contribution is 6.30. The van der Waals surface area contributed by atoms with Crippen molar-refractivity contribution >= 4 is 11.6 Å². The second kappa shape index (κ2) is 8.50. The average Bonchev–Trinajstić information content (AvgIpc) is 3.55. The Morgan fingerprint density at radius 2 is 1.60 bits per heavy atom. The molecule has 2 aliphatic rings. The standard InChI is InChI=1S/C24H28ClN5/c1-28-12-14-29(15-13-28)16-17-30-23(19-8-10-26-11-9-19)22(27-24(30)20-2-3-20)18-4-6-21(25)7-5-18/h4-11,20H,2-3,12-17H2,1H3. The molecule has 1 aromatic carbocycles. The number of benzene rings is 1. The zero-order chi connectivity index (χ0) is 20.5. The first-order chi connectivity index (χ1) is 14.7. The molecule has 0 bridgehead atoms. The molecule has 3 aromatic rings. The van der Waals surface area contributed by atoms with E-state index >= 15 is 0 Å². The largest absolute Gasteiger partial charge is 0.326 e. The van der Waals surface area contributed by atoms with E-state index in [0.717, 1.165) is 55.5 Å². The van der Waals surface area contributed by atoms with Gasteiger partial charge in [0.25, 0.3) is 0 Å². The summed E-state index contributed by atoms with van der Waals surface area (Å²) in [5.74, 6) is 1.82. The van der Waals surface area contributed by atoms with Gasteiger partial charge >= 0.3 is 0 Å². The van der Waals surface area contributed by atoms with Crippen LogP contribution in [0.1, 0.15) is 24.6 Å². The van der Waals surface area contributed by atoms with Gasteiger partial charge < -0.3 is 9.47 Å². The lowest BCUT2D eigenvalue weighted by atomic mass is 10.1. The second-order valence-corrected chi connectivity index (χ2v) is 8.92. The first-order valence-electron chi connectivity index (χ1n) is 10.9. The lowest BCUT2D eigenvalue weighted by Crippen LogP contribution is -2.45. The Morgan fingerprint density at radius 1 is 0.900 bits per heavy atom. The number of halogens is 1. The van der Waals surface area contributed by atoms with Crippen LogP contribution in [0, 0.1) is 0 Å². The van der Waals surface area contributed by atoms with Crippen LogP contribution < -0.4 is 0 Å². The van der Waals surface area contributed by atoms with Gasteiger partial charge in [0, 0.05) is 73.7 Å². The van der Waals surface area contributed by atoms with Crippen molar-refractivity contribution in [3.63, 3.8) is 0 Å². The first-order valence-corrected chi connectivity index (χ1v) is 11.2. The molecule has 0 atom stereocenters. The van der Waals surface area contributed by atoms with Crippen LogP contribution >= 0.6 is 11.6 Å². The van der Waals surface area contributed by atoms with Gasteiger partial charge in [0.15, 0.2) is 0 Å². The van der Waals surface area contributed by atoms with Crippen LogP contribution in [0.3, 0.4) is 0 Å². The molecule has 1 saturated heterocycles. The molecule has 0 radical (unpaired) electrons. The Hall–Kier alpha value is -2.21. The van der Waals surface area contributed by atoms with Gasteiger partial charge in [-0.1, -0.05) is 23.7 Å². The van der Waals surface area contributed by atoms with E-state index in [2.05, 4.69) is 50.7 Å². The van der Waals surface area contributed by atoms with Gasteiger partial charge in [-0.3, -0.25) is 9.88 Å². The van der Waals surface area contributed by atoms with Crippen molar-refractivity contribution in [1.29, 1.82) is 0 Å². The summed E-state index contributed by atoms with van der Waals surface area (Å²) in [5.41, 5.74) is 4.55. The normalized spacial score (nSPS) is 18.1. The number of hydrogen-bond acceptors (Lipinski definition) is 4. The molecule has 30 heavy (non-hydrogen) atoms. The molecular weight excluding hydrogens is 394 g/mol. The second-order valence-electron chi connectivity index (χ2n) is 8.48. The topological polar surface area (TPSA) is 37.2 Å². The van der Waals surface area contributed by atoms with Crippen molar-refractivity contribution in [3.8, 4) is 22.5 Å². The van der Waals surface area contributed by atoms with Crippen molar-refractivity contribution in [1.82, 2.24) is 24.3 Å². The van der Waals surface area contributed by atoms with Gasteiger partial charge in [0.2, 0.25) is 0 Å². The van der Waals surface area contributed by atoms with E-state index in [9.17, 15) is 0 Å². The zero-order valence-corrected chi connectivity index (χ0v) is 18.2. The van der Waals surface area contributed by atoms with Crippen LogP contribution in [0.5, 0.6) is 0 Å². The number of aromatic nitrogens is 3. The van der Waals surface area contributed by atoms with Gasteiger partial charge in [-0.05, 0) is 44.2 Å². The third-order valence-corrected chi connectivity index (χ3v) is 6.50. The lowest BCUT2D eigenvalue weighted by molar-refractivity contribution is 0.150. The summed E-state index contributed by atoms with van der Waals surface area (Å²) in [7, 11) is 2.21.